The number of hydrogen-bond acceptors (Lipinski definition) is 2. The molecular weight excluding hydrogens is 1760 g/mol. The third-order valence-electron chi connectivity index (χ3n) is 45.0. The molecule has 146 heavy (non-hydrogen) atoms. The fraction of sp³-hybridized carbons (Fsp3) is 0.875. The normalized spacial score (nSPS) is 39.2. The fourth-order valence-electron chi connectivity index (χ4n) is 32.1. The SMILES string of the molecule is CC1=CCC(C2CCC(C)CC2)CC1.CC1CC=C(C2CCC(C)CC2)CC1.CC1CCC(/C=C/C2CCC(C)CC2)CC1.CC1CCC(C2CCC(C)CC2)CC1.CC1CCC(C2CCC(C)CC2)CC1.CC1CCC(C2CCC(C)CC2)CC1.CC1CCC(CCC2CCC(C)CC2)CC1.COC1CCC(C2CCC(C)CC2)CC1.COc1ccc(C2CCC(C)CC2)cc1.Cc1ccc(C2CCC(C)CC2)cc1.[HH].[HH].[HH].[HH].[HH].[HH].[HH].[HH].[HH].[HH].[HH].[HH].[HH].[HH]. The maximum atomic E-state index is 5.44. The first kappa shape index (κ1) is 124. The summed E-state index contributed by atoms with van der Waals surface area (Å²) >= 11 is 0. The van der Waals surface area contributed by atoms with Crippen LogP contribution in [0.25, 0.3) is 0 Å². The number of benzene rings is 2. The van der Waals surface area contributed by atoms with Crippen molar-refractivity contribution in [1.82, 2.24) is 0 Å². The van der Waals surface area contributed by atoms with E-state index >= 15 is 0 Å². The lowest BCUT2D eigenvalue weighted by molar-refractivity contribution is 0.0399. The molecule has 2 atom stereocenters. The van der Waals surface area contributed by atoms with Gasteiger partial charge in [0.1, 0.15) is 5.75 Å². The minimum atomic E-state index is 0. The molecule has 20 rings (SSSR count). The molecule has 0 heterocycles. The van der Waals surface area contributed by atoms with Gasteiger partial charge >= 0.3 is 0 Å². The van der Waals surface area contributed by atoms with Crippen molar-refractivity contribution < 1.29 is 29.4 Å². The summed E-state index contributed by atoms with van der Waals surface area (Å²) < 4.78 is 10.6. The minimum absolute atomic E-state index is 0. The van der Waals surface area contributed by atoms with Crippen LogP contribution in [-0.2, 0) is 4.74 Å². The Morgan fingerprint density at radius 1 is 0.219 bits per heavy atom. The van der Waals surface area contributed by atoms with Crippen LogP contribution in [0.1, 0.15) is 629 Å². The molecule has 0 spiro atoms. The Balaban J connectivity index is -0.000000837. The molecule has 0 saturated heterocycles. The second-order valence-electron chi connectivity index (χ2n) is 58.0. The van der Waals surface area contributed by atoms with E-state index < -0.39 is 0 Å². The average molecular weight is 2040 g/mol. The Morgan fingerprint density at radius 2 is 0.459 bits per heavy atom. The van der Waals surface area contributed by atoms with Gasteiger partial charge in [-0.3, -0.25) is 0 Å². The maximum Gasteiger partial charge on any atom is 0.118 e. The van der Waals surface area contributed by atoms with E-state index in [1.807, 2.05) is 12.7 Å². The van der Waals surface area contributed by atoms with Crippen molar-refractivity contribution in [2.75, 3.05) is 14.2 Å². The third kappa shape index (κ3) is 47.1. The topological polar surface area (TPSA) is 18.5 Å². The molecule has 2 aromatic rings. The number of ether oxygens (including phenoxy) is 2. The summed E-state index contributed by atoms with van der Waals surface area (Å²) in [5.41, 5.74) is 7.86. The highest BCUT2D eigenvalue weighted by Gasteiger charge is 2.37. The van der Waals surface area contributed by atoms with E-state index in [-0.39, 0.29) is 20.0 Å². The molecule has 18 aliphatic rings. The van der Waals surface area contributed by atoms with Gasteiger partial charge in [0.05, 0.1) is 13.2 Å². The standard InChI is InChI=1S/C16H30.C16H28.C14H26O.C14H20O.3C14H26.2C14H24.C14H20.14H2/c2*1-13-3-7-15(8-4-13)11-12-16-9-5-14(2)6-10-16;2*1-11-3-5-12(6-4-11)13-7-9-14(15-2)10-8-13;6*1-11-3-7-13(8-4-11)14-9-5-12(2)6-10-14;;;;;;;;;;;;;;/h13-16H,3-12H2,1-2H3;11-16H,3-10H2,1-2H3;11-14H,3-10H2,1-2H3;7-12H,3-6H2,1-2H3;3*11-14H,3-10H2,1-2H3;7,11-12,14H,3-6,8-10H2,1-2H3;3,12-14H,4-10H2,1-2H3;3-4,7-8,12,14H,5-6,9-10H2,1-2H3;14*1H/b;12-11+;;;;;;;;;;;;;;;;;;;;;;. The van der Waals surface area contributed by atoms with Crippen molar-refractivity contribution >= 4 is 0 Å². The van der Waals surface area contributed by atoms with E-state index in [0.29, 0.717) is 6.10 Å². The lowest BCUT2D eigenvalue weighted by Crippen LogP contribution is -2.27. The predicted octanol–water partition coefficient (Wildman–Crippen LogP) is 49.4. The van der Waals surface area contributed by atoms with Crippen LogP contribution in [0.4, 0.5) is 0 Å². The lowest BCUT2D eigenvalue weighted by Gasteiger charge is -2.36. The fourth-order valence-corrected chi connectivity index (χ4v) is 32.1. The molecule has 2 nitrogen and oxygen atoms in total. The molecule has 0 radical (unpaired) electrons. The van der Waals surface area contributed by atoms with Gasteiger partial charge in [-0.25, -0.2) is 0 Å². The van der Waals surface area contributed by atoms with Crippen LogP contribution in [0.5, 0.6) is 5.75 Å². The van der Waals surface area contributed by atoms with Gasteiger partial charge in [0.2, 0.25) is 0 Å². The Labute approximate surface area is 933 Å². The van der Waals surface area contributed by atoms with E-state index in [9.17, 15) is 0 Å². The van der Waals surface area contributed by atoms with Crippen molar-refractivity contribution in [1.29, 1.82) is 0 Å². The summed E-state index contributed by atoms with van der Waals surface area (Å²) in [5.74, 6) is 34.4. The number of hydrogen-bond donors (Lipinski definition) is 0. The van der Waals surface area contributed by atoms with Gasteiger partial charge in [-0.2, -0.15) is 0 Å². The summed E-state index contributed by atoms with van der Waals surface area (Å²) in [4.78, 5) is 0. The minimum Gasteiger partial charge on any atom is -0.497 e. The van der Waals surface area contributed by atoms with Crippen LogP contribution in [0.15, 0.2) is 84.0 Å². The highest BCUT2D eigenvalue weighted by atomic mass is 16.5. The lowest BCUT2D eigenvalue weighted by atomic mass is 9.70. The highest BCUT2D eigenvalue weighted by Crippen LogP contribution is 2.50. The van der Waals surface area contributed by atoms with Crippen LogP contribution in [0, 0.1) is 190 Å². The van der Waals surface area contributed by atoms with Gasteiger partial charge in [0, 0.05) is 27.1 Å². The Morgan fingerprint density at radius 3 is 0.705 bits per heavy atom. The van der Waals surface area contributed by atoms with E-state index in [1.165, 1.54) is 384 Å². The zero-order chi connectivity index (χ0) is 104. The van der Waals surface area contributed by atoms with Crippen LogP contribution in [-0.4, -0.2) is 20.3 Å². The molecule has 2 heteroatoms. The zero-order valence-corrected chi connectivity index (χ0v) is 101. The monoisotopic (exact) mass is 2040 g/mol. The van der Waals surface area contributed by atoms with Crippen molar-refractivity contribution in [3.05, 3.63) is 101 Å². The molecule has 2 aromatic carbocycles. The average Bonchev–Trinajstić information content (AvgIpc) is 0.900. The predicted molar refractivity (Wildman–Crippen MR) is 672 cm³/mol. The summed E-state index contributed by atoms with van der Waals surface area (Å²) in [5, 5.41) is 0. The van der Waals surface area contributed by atoms with Crippen LogP contribution in [0.2, 0.25) is 0 Å². The molecule has 2 unspecified atom stereocenters. The number of aryl methyl sites for hydroxylation is 1. The highest BCUT2D eigenvalue weighted by molar-refractivity contribution is 5.30. The van der Waals surface area contributed by atoms with Crippen molar-refractivity contribution in [2.45, 2.75) is 605 Å². The molecule has 16 saturated carbocycles. The van der Waals surface area contributed by atoms with E-state index in [2.05, 4.69) is 197 Å². The second-order valence-corrected chi connectivity index (χ2v) is 58.0. The van der Waals surface area contributed by atoms with Gasteiger partial charge < -0.3 is 9.47 Å². The van der Waals surface area contributed by atoms with Gasteiger partial charge in [-0.15, -0.1) is 0 Å². The summed E-state index contributed by atoms with van der Waals surface area (Å²) in [6.45, 7) is 43.1. The number of methoxy groups -OCH3 is 2. The molecule has 866 valence electrons. The maximum absolute atomic E-state index is 5.44. The van der Waals surface area contributed by atoms with Gasteiger partial charge in [-0.1, -0.05) is 419 Å². The second kappa shape index (κ2) is 68.8. The molecule has 0 amide bonds. The van der Waals surface area contributed by atoms with Gasteiger partial charge in [0.15, 0.2) is 0 Å². The summed E-state index contributed by atoms with van der Waals surface area (Å²) in [6.07, 6.45) is 117. The number of rotatable bonds is 15. The first-order valence-corrected chi connectivity index (χ1v) is 66.8. The quantitative estimate of drug-likeness (QED) is 0.166. The molecule has 16 fully saturated rings. The molecular formula is C144H278O2. The van der Waals surface area contributed by atoms with E-state index in [1.54, 1.807) is 108 Å². The Hall–Kier alpha value is -2.58. The number of allylic oxidation sites excluding steroid dienone is 6. The molecule has 0 bridgehead atoms. The molecule has 0 aliphatic heterocycles. The molecule has 0 N–H and O–H groups in total. The van der Waals surface area contributed by atoms with Crippen molar-refractivity contribution in [3.63, 3.8) is 0 Å². The third-order valence-corrected chi connectivity index (χ3v) is 45.0. The van der Waals surface area contributed by atoms with Crippen LogP contribution >= 0.6 is 0 Å². The molecule has 18 aliphatic carbocycles. The smallest absolute Gasteiger partial charge is 0.118 e. The Kier molecular flexibility index (Phi) is 58.3. The van der Waals surface area contributed by atoms with Gasteiger partial charge in [0.25, 0.3) is 0 Å². The van der Waals surface area contributed by atoms with Gasteiger partial charge in [-0.05, 0) is 464 Å². The summed E-state index contributed by atoms with van der Waals surface area (Å²) in [7, 11) is 3.59. The first-order valence-electron chi connectivity index (χ1n) is 66.8. The van der Waals surface area contributed by atoms with Crippen molar-refractivity contribution in [2.24, 2.45) is 183 Å². The van der Waals surface area contributed by atoms with Crippen molar-refractivity contribution in [3.8, 4) is 5.75 Å². The first-order chi connectivity index (χ1) is 70.6. The van der Waals surface area contributed by atoms with Crippen LogP contribution < -0.4 is 4.74 Å². The van der Waals surface area contributed by atoms with E-state index in [4.69, 9.17) is 9.47 Å². The van der Waals surface area contributed by atoms with Crippen LogP contribution in [0.3, 0.4) is 0 Å². The zero-order valence-electron chi connectivity index (χ0n) is 101. The van der Waals surface area contributed by atoms with E-state index in [0.717, 1.165) is 201 Å². The summed E-state index contributed by atoms with van der Waals surface area (Å²) in [6, 6.07) is 17.7. The molecule has 0 aromatic heterocycles. The largest absolute Gasteiger partial charge is 0.497 e. The Bertz CT molecular complexity index is 3480.